The van der Waals surface area contributed by atoms with Crippen LogP contribution in [0.15, 0.2) is 48.5 Å². The number of ketones is 1. The van der Waals surface area contributed by atoms with Gasteiger partial charge in [-0.25, -0.2) is 0 Å². The molecule has 0 aliphatic carbocycles. The van der Waals surface area contributed by atoms with Gasteiger partial charge in [0.1, 0.15) is 0 Å². The van der Waals surface area contributed by atoms with Gasteiger partial charge in [-0.2, -0.15) is 0 Å². The molecular formula is C18H21N3O3. The first-order valence-corrected chi connectivity index (χ1v) is 7.76. The first-order chi connectivity index (χ1) is 11.5. The van der Waals surface area contributed by atoms with E-state index in [0.29, 0.717) is 23.4 Å². The van der Waals surface area contributed by atoms with Crippen LogP contribution in [0.3, 0.4) is 0 Å². The largest absolute Gasteiger partial charge is 0.384 e. The number of nitro benzene ring substituents is 1. The lowest BCUT2D eigenvalue weighted by Gasteiger charge is -2.13. The lowest BCUT2D eigenvalue weighted by molar-refractivity contribution is -0.384. The maximum atomic E-state index is 12.7. The molecule has 1 N–H and O–H groups in total. The van der Waals surface area contributed by atoms with Crippen molar-refractivity contribution in [1.29, 1.82) is 0 Å². The van der Waals surface area contributed by atoms with Gasteiger partial charge in [-0.15, -0.1) is 0 Å². The van der Waals surface area contributed by atoms with Crippen LogP contribution < -0.4 is 5.32 Å². The summed E-state index contributed by atoms with van der Waals surface area (Å²) in [5.41, 5.74) is 1.36. The van der Waals surface area contributed by atoms with Crippen molar-refractivity contribution in [3.05, 3.63) is 69.8 Å². The van der Waals surface area contributed by atoms with Gasteiger partial charge in [0, 0.05) is 29.9 Å². The zero-order chi connectivity index (χ0) is 17.5. The minimum atomic E-state index is -0.488. The summed E-state index contributed by atoms with van der Waals surface area (Å²) in [6.45, 7) is 1.60. The molecule has 6 heteroatoms. The first-order valence-electron chi connectivity index (χ1n) is 7.76. The van der Waals surface area contributed by atoms with Crippen molar-refractivity contribution in [1.82, 2.24) is 4.90 Å². The summed E-state index contributed by atoms with van der Waals surface area (Å²) in [4.78, 5) is 25.3. The highest BCUT2D eigenvalue weighted by Crippen LogP contribution is 2.25. The Balaban J connectivity index is 2.26. The molecule has 0 aliphatic rings. The Morgan fingerprint density at radius 1 is 1.17 bits per heavy atom. The van der Waals surface area contributed by atoms with Crippen LogP contribution in [0.2, 0.25) is 0 Å². The number of carbonyl (C=O) groups excluding carboxylic acids is 1. The van der Waals surface area contributed by atoms with Gasteiger partial charge < -0.3 is 10.2 Å². The van der Waals surface area contributed by atoms with Crippen LogP contribution in [0.5, 0.6) is 0 Å². The van der Waals surface area contributed by atoms with Crippen LogP contribution in [-0.2, 0) is 0 Å². The van der Waals surface area contributed by atoms with Crippen LogP contribution >= 0.6 is 0 Å². The Kier molecular flexibility index (Phi) is 6.03. The first kappa shape index (κ1) is 17.6. The van der Waals surface area contributed by atoms with Crippen LogP contribution in [0.25, 0.3) is 0 Å². The highest BCUT2D eigenvalue weighted by Gasteiger charge is 2.18. The number of nitrogens with one attached hydrogen (secondary N) is 1. The van der Waals surface area contributed by atoms with Gasteiger partial charge in [0.25, 0.3) is 5.69 Å². The second-order valence-corrected chi connectivity index (χ2v) is 5.77. The predicted octanol–water partition coefficient (Wildman–Crippen LogP) is 3.19. The van der Waals surface area contributed by atoms with Gasteiger partial charge in [-0.1, -0.05) is 30.3 Å². The van der Waals surface area contributed by atoms with E-state index in [0.717, 1.165) is 13.0 Å². The summed E-state index contributed by atoms with van der Waals surface area (Å²) in [7, 11) is 3.99. The minimum Gasteiger partial charge on any atom is -0.384 e. The monoisotopic (exact) mass is 327 g/mol. The van der Waals surface area contributed by atoms with E-state index in [9.17, 15) is 14.9 Å². The van der Waals surface area contributed by atoms with Gasteiger partial charge in [0.2, 0.25) is 0 Å². The number of hydrogen-bond donors (Lipinski definition) is 1. The van der Waals surface area contributed by atoms with Crippen LogP contribution in [-0.4, -0.2) is 42.8 Å². The van der Waals surface area contributed by atoms with E-state index in [1.165, 1.54) is 12.1 Å². The summed E-state index contributed by atoms with van der Waals surface area (Å²) in [5, 5.41) is 14.2. The van der Waals surface area contributed by atoms with Crippen molar-refractivity contribution < 1.29 is 9.72 Å². The number of hydrogen-bond acceptors (Lipinski definition) is 5. The third-order valence-corrected chi connectivity index (χ3v) is 3.59. The van der Waals surface area contributed by atoms with Gasteiger partial charge in [0.15, 0.2) is 5.78 Å². The maximum absolute atomic E-state index is 12.7. The van der Waals surface area contributed by atoms with Gasteiger partial charge >= 0.3 is 0 Å². The summed E-state index contributed by atoms with van der Waals surface area (Å²) >= 11 is 0. The average molecular weight is 327 g/mol. The fraction of sp³-hybridized carbons (Fsp3) is 0.278. The van der Waals surface area contributed by atoms with E-state index in [1.807, 2.05) is 20.2 Å². The quantitative estimate of drug-likeness (QED) is 0.349. The van der Waals surface area contributed by atoms with E-state index in [1.54, 1.807) is 30.3 Å². The van der Waals surface area contributed by atoms with E-state index in [2.05, 4.69) is 10.2 Å². The predicted molar refractivity (Wildman–Crippen MR) is 94.6 cm³/mol. The number of non-ortho nitro benzene ring substituents is 1. The Bertz CT molecular complexity index is 715. The molecule has 0 spiro atoms. The second kappa shape index (κ2) is 8.21. The van der Waals surface area contributed by atoms with Gasteiger partial charge in [-0.05, 0) is 33.1 Å². The van der Waals surface area contributed by atoms with E-state index >= 15 is 0 Å². The van der Waals surface area contributed by atoms with Crippen molar-refractivity contribution >= 4 is 17.2 Å². The topological polar surface area (TPSA) is 75.5 Å². The number of nitro groups is 1. The van der Waals surface area contributed by atoms with E-state index in [4.69, 9.17) is 0 Å². The van der Waals surface area contributed by atoms with E-state index < -0.39 is 4.92 Å². The summed E-state index contributed by atoms with van der Waals surface area (Å²) in [6, 6.07) is 13.1. The molecule has 2 rings (SSSR count). The summed E-state index contributed by atoms with van der Waals surface area (Å²) in [5.74, 6) is -0.227. The normalized spacial score (nSPS) is 10.6. The maximum Gasteiger partial charge on any atom is 0.270 e. The smallest absolute Gasteiger partial charge is 0.270 e. The molecule has 24 heavy (non-hydrogen) atoms. The van der Waals surface area contributed by atoms with Crippen LogP contribution in [0.1, 0.15) is 22.3 Å². The molecule has 0 unspecified atom stereocenters. The Morgan fingerprint density at radius 3 is 2.50 bits per heavy atom. The highest BCUT2D eigenvalue weighted by atomic mass is 16.6. The Hall–Kier alpha value is -2.73. The molecule has 0 fully saturated rings. The van der Waals surface area contributed by atoms with Gasteiger partial charge in [0.05, 0.1) is 10.5 Å². The SMILES string of the molecule is CN(C)CCCNc1ccc([N+](=O)[O-])cc1C(=O)c1ccccc1. The molecule has 0 atom stereocenters. The van der Waals surface area contributed by atoms with Crippen molar-refractivity contribution in [2.24, 2.45) is 0 Å². The molecule has 0 aliphatic heterocycles. The molecule has 0 saturated carbocycles. The van der Waals surface area contributed by atoms with Crippen molar-refractivity contribution in [3.63, 3.8) is 0 Å². The Morgan fingerprint density at radius 2 is 1.88 bits per heavy atom. The zero-order valence-corrected chi connectivity index (χ0v) is 13.9. The third-order valence-electron chi connectivity index (χ3n) is 3.59. The molecule has 0 radical (unpaired) electrons. The standard InChI is InChI=1S/C18H21N3O3/c1-20(2)12-6-11-19-17-10-9-15(21(23)24)13-16(17)18(22)14-7-4-3-5-8-14/h3-5,7-10,13,19H,6,11-12H2,1-2H3. The summed E-state index contributed by atoms with van der Waals surface area (Å²) in [6.07, 6.45) is 0.906. The lowest BCUT2D eigenvalue weighted by Crippen LogP contribution is -2.17. The molecule has 0 aromatic heterocycles. The van der Waals surface area contributed by atoms with E-state index in [-0.39, 0.29) is 11.5 Å². The molecule has 0 saturated heterocycles. The fourth-order valence-electron chi connectivity index (χ4n) is 2.35. The van der Waals surface area contributed by atoms with Crippen LogP contribution in [0.4, 0.5) is 11.4 Å². The number of rotatable bonds is 8. The number of nitrogens with zero attached hydrogens (tertiary/aromatic N) is 2. The van der Waals surface area contributed by atoms with Crippen molar-refractivity contribution in [2.45, 2.75) is 6.42 Å². The zero-order valence-electron chi connectivity index (χ0n) is 13.9. The second-order valence-electron chi connectivity index (χ2n) is 5.77. The minimum absolute atomic E-state index is 0.0897. The molecule has 0 amide bonds. The molecule has 6 nitrogen and oxygen atoms in total. The summed E-state index contributed by atoms with van der Waals surface area (Å²) < 4.78 is 0. The Labute approximate surface area is 141 Å². The lowest BCUT2D eigenvalue weighted by atomic mass is 10.0. The average Bonchev–Trinajstić information content (AvgIpc) is 2.58. The molecule has 2 aromatic carbocycles. The molecule has 0 bridgehead atoms. The molecular weight excluding hydrogens is 306 g/mol. The van der Waals surface area contributed by atoms with Crippen molar-refractivity contribution in [2.75, 3.05) is 32.5 Å². The number of carbonyl (C=O) groups is 1. The van der Waals surface area contributed by atoms with Crippen LogP contribution in [0, 0.1) is 10.1 Å². The molecule has 0 heterocycles. The van der Waals surface area contributed by atoms with Gasteiger partial charge in [-0.3, -0.25) is 14.9 Å². The van der Waals surface area contributed by atoms with Crippen molar-refractivity contribution in [3.8, 4) is 0 Å². The molecule has 2 aromatic rings. The fourth-order valence-corrected chi connectivity index (χ4v) is 2.35. The third kappa shape index (κ3) is 4.63. The number of anilines is 1. The highest BCUT2D eigenvalue weighted by molar-refractivity contribution is 6.12. The number of benzene rings is 2. The molecule has 126 valence electrons.